The second-order valence-corrected chi connectivity index (χ2v) is 5.60. The Morgan fingerprint density at radius 2 is 2.19 bits per heavy atom. The summed E-state index contributed by atoms with van der Waals surface area (Å²) in [5, 5.41) is 1.18. The van der Waals surface area contributed by atoms with E-state index in [1.165, 1.54) is 10.9 Å². The number of rotatable bonds is 5. The quantitative estimate of drug-likeness (QED) is 0.718. The number of fused-ring (bicyclic) bond motifs is 1. The lowest BCUT2D eigenvalue weighted by molar-refractivity contribution is -0.148. The first-order valence-corrected chi connectivity index (χ1v) is 6.98. The zero-order valence-corrected chi connectivity index (χ0v) is 11.7. The van der Waals surface area contributed by atoms with Gasteiger partial charge in [-0.3, -0.25) is 4.79 Å². The third kappa shape index (κ3) is 2.57. The second-order valence-electron chi connectivity index (χ2n) is 5.60. The summed E-state index contributed by atoms with van der Waals surface area (Å²) in [7, 11) is 0. The van der Waals surface area contributed by atoms with Crippen LogP contribution in [0.3, 0.4) is 0 Å². The highest BCUT2D eigenvalue weighted by atomic mass is 16.5. The minimum absolute atomic E-state index is 0.166. The van der Waals surface area contributed by atoms with E-state index in [-0.39, 0.29) is 11.9 Å². The van der Waals surface area contributed by atoms with Gasteiger partial charge in [0.25, 0.3) is 0 Å². The van der Waals surface area contributed by atoms with Crippen LogP contribution < -0.4 is 11.5 Å². The summed E-state index contributed by atoms with van der Waals surface area (Å²) in [4.78, 5) is 14.7. The fourth-order valence-electron chi connectivity index (χ4n) is 2.57. The standard InChI is InChI=1S/C16H19N3O2/c17-12(5-6-16(15(18)20)9-21-10-16)7-11-8-19-14-4-2-1-3-13(11)14/h1-6,8,12,19H,7,9-10,17H2,(H2,18,20)/b6-5+. The van der Waals surface area contributed by atoms with E-state index < -0.39 is 5.41 Å². The maximum atomic E-state index is 11.5. The predicted octanol–water partition coefficient (Wildman–Crippen LogP) is 1.10. The van der Waals surface area contributed by atoms with Gasteiger partial charge >= 0.3 is 0 Å². The van der Waals surface area contributed by atoms with Crippen molar-refractivity contribution in [2.75, 3.05) is 13.2 Å². The predicted molar refractivity (Wildman–Crippen MR) is 81.6 cm³/mol. The van der Waals surface area contributed by atoms with Gasteiger partial charge in [0.1, 0.15) is 5.41 Å². The van der Waals surface area contributed by atoms with E-state index in [2.05, 4.69) is 11.1 Å². The molecule has 1 unspecified atom stereocenters. The van der Waals surface area contributed by atoms with Gasteiger partial charge in [-0.25, -0.2) is 0 Å². The Kier molecular flexibility index (Phi) is 3.53. The first-order chi connectivity index (χ1) is 10.1. The van der Waals surface area contributed by atoms with Crippen LogP contribution in [0.4, 0.5) is 0 Å². The summed E-state index contributed by atoms with van der Waals surface area (Å²) in [6.45, 7) is 0.692. The Balaban J connectivity index is 1.72. The van der Waals surface area contributed by atoms with Crippen molar-refractivity contribution < 1.29 is 9.53 Å². The molecule has 0 bridgehead atoms. The number of aromatic nitrogens is 1. The topological polar surface area (TPSA) is 94.1 Å². The number of carbonyl (C=O) groups is 1. The Hall–Kier alpha value is -2.11. The third-order valence-electron chi connectivity index (χ3n) is 4.00. The molecule has 1 atom stereocenters. The van der Waals surface area contributed by atoms with E-state index in [0.29, 0.717) is 19.6 Å². The van der Waals surface area contributed by atoms with Crippen LogP contribution >= 0.6 is 0 Å². The molecule has 1 fully saturated rings. The summed E-state index contributed by atoms with van der Waals surface area (Å²) in [5.41, 5.74) is 13.2. The Labute approximate surface area is 123 Å². The maximum absolute atomic E-state index is 11.5. The summed E-state index contributed by atoms with van der Waals surface area (Å²) in [6.07, 6.45) is 6.35. The number of nitrogens with two attached hydrogens (primary N) is 2. The number of hydrogen-bond donors (Lipinski definition) is 3. The van der Waals surface area contributed by atoms with Crippen LogP contribution in [0.1, 0.15) is 5.56 Å². The van der Waals surface area contributed by atoms with Crippen LogP contribution in [-0.2, 0) is 16.0 Å². The average Bonchev–Trinajstić information content (AvgIpc) is 2.81. The van der Waals surface area contributed by atoms with Gasteiger partial charge in [0, 0.05) is 23.1 Å². The molecule has 3 rings (SSSR count). The zero-order chi connectivity index (χ0) is 14.9. The lowest BCUT2D eigenvalue weighted by Crippen LogP contribution is -2.51. The molecule has 1 aromatic heterocycles. The SMILES string of the molecule is NC(=O)C1(/C=C/C(N)Cc2c[nH]c3ccccc23)COC1. The van der Waals surface area contributed by atoms with Crippen LogP contribution in [0.15, 0.2) is 42.6 Å². The van der Waals surface area contributed by atoms with E-state index >= 15 is 0 Å². The third-order valence-corrected chi connectivity index (χ3v) is 4.00. The van der Waals surface area contributed by atoms with Gasteiger partial charge in [-0.15, -0.1) is 0 Å². The first-order valence-electron chi connectivity index (χ1n) is 6.98. The molecule has 1 aliphatic heterocycles. The molecule has 1 aliphatic rings. The van der Waals surface area contributed by atoms with Crippen molar-refractivity contribution in [1.82, 2.24) is 4.98 Å². The molecule has 5 N–H and O–H groups in total. The minimum atomic E-state index is -0.669. The van der Waals surface area contributed by atoms with Crippen LogP contribution in [0.2, 0.25) is 0 Å². The molecular weight excluding hydrogens is 266 g/mol. The van der Waals surface area contributed by atoms with Crippen LogP contribution in [0.5, 0.6) is 0 Å². The monoisotopic (exact) mass is 285 g/mol. The molecule has 21 heavy (non-hydrogen) atoms. The summed E-state index contributed by atoms with van der Waals surface area (Å²) in [5.74, 6) is -0.357. The first kappa shape index (κ1) is 13.9. The van der Waals surface area contributed by atoms with Gasteiger partial charge in [-0.1, -0.05) is 30.4 Å². The maximum Gasteiger partial charge on any atom is 0.232 e. The number of benzene rings is 1. The second kappa shape index (κ2) is 5.35. The lowest BCUT2D eigenvalue weighted by Gasteiger charge is -2.35. The van der Waals surface area contributed by atoms with E-state index in [0.717, 1.165) is 5.52 Å². The highest BCUT2D eigenvalue weighted by Gasteiger charge is 2.42. The van der Waals surface area contributed by atoms with E-state index in [9.17, 15) is 4.79 Å². The molecule has 5 nitrogen and oxygen atoms in total. The number of aromatic amines is 1. The van der Waals surface area contributed by atoms with Gasteiger partial charge in [-0.2, -0.15) is 0 Å². The minimum Gasteiger partial charge on any atom is -0.378 e. The number of carbonyl (C=O) groups excluding carboxylic acids is 1. The summed E-state index contributed by atoms with van der Waals surface area (Å²) >= 11 is 0. The number of H-pyrrole nitrogens is 1. The van der Waals surface area contributed by atoms with Gasteiger partial charge in [-0.05, 0) is 18.1 Å². The highest BCUT2D eigenvalue weighted by Crippen LogP contribution is 2.29. The van der Waals surface area contributed by atoms with E-state index in [4.69, 9.17) is 16.2 Å². The van der Waals surface area contributed by atoms with Crippen molar-refractivity contribution in [3.05, 3.63) is 48.2 Å². The van der Waals surface area contributed by atoms with Gasteiger partial charge in [0.2, 0.25) is 5.91 Å². The number of primary amides is 1. The van der Waals surface area contributed by atoms with Crippen molar-refractivity contribution >= 4 is 16.8 Å². The molecule has 5 heteroatoms. The van der Waals surface area contributed by atoms with Crippen molar-refractivity contribution in [2.45, 2.75) is 12.5 Å². The van der Waals surface area contributed by atoms with E-state index in [1.807, 2.05) is 30.5 Å². The molecule has 1 amide bonds. The molecular formula is C16H19N3O2. The average molecular weight is 285 g/mol. The van der Waals surface area contributed by atoms with Crippen LogP contribution in [-0.4, -0.2) is 30.1 Å². The fourth-order valence-corrected chi connectivity index (χ4v) is 2.57. The van der Waals surface area contributed by atoms with Crippen LogP contribution in [0, 0.1) is 5.41 Å². The normalized spacial score (nSPS) is 18.7. The molecule has 1 saturated heterocycles. The zero-order valence-electron chi connectivity index (χ0n) is 11.7. The lowest BCUT2D eigenvalue weighted by atomic mass is 9.84. The van der Waals surface area contributed by atoms with Gasteiger partial charge < -0.3 is 21.2 Å². The Bertz CT molecular complexity index is 686. The number of para-hydroxylation sites is 1. The van der Waals surface area contributed by atoms with Crippen molar-refractivity contribution in [3.63, 3.8) is 0 Å². The molecule has 2 aromatic rings. The summed E-state index contributed by atoms with van der Waals surface area (Å²) < 4.78 is 5.10. The van der Waals surface area contributed by atoms with Crippen molar-refractivity contribution in [2.24, 2.45) is 16.9 Å². The van der Waals surface area contributed by atoms with Gasteiger partial charge in [0.15, 0.2) is 0 Å². The van der Waals surface area contributed by atoms with Crippen LogP contribution in [0.25, 0.3) is 10.9 Å². The number of hydrogen-bond acceptors (Lipinski definition) is 3. The molecule has 0 saturated carbocycles. The smallest absolute Gasteiger partial charge is 0.232 e. The number of ether oxygens (including phenoxy) is 1. The molecule has 0 spiro atoms. The molecule has 0 aliphatic carbocycles. The number of nitrogens with one attached hydrogen (secondary N) is 1. The Morgan fingerprint density at radius 3 is 2.86 bits per heavy atom. The molecule has 1 aromatic carbocycles. The molecule has 110 valence electrons. The summed E-state index contributed by atoms with van der Waals surface area (Å²) in [6, 6.07) is 7.95. The number of amides is 1. The largest absolute Gasteiger partial charge is 0.378 e. The van der Waals surface area contributed by atoms with Crippen molar-refractivity contribution in [3.8, 4) is 0 Å². The van der Waals surface area contributed by atoms with Gasteiger partial charge in [0.05, 0.1) is 13.2 Å². The Morgan fingerprint density at radius 1 is 1.43 bits per heavy atom. The van der Waals surface area contributed by atoms with E-state index in [1.54, 1.807) is 6.08 Å². The highest BCUT2D eigenvalue weighted by molar-refractivity contribution is 5.84. The molecule has 0 radical (unpaired) electrons. The fraction of sp³-hybridized carbons (Fsp3) is 0.312. The van der Waals surface area contributed by atoms with Crippen molar-refractivity contribution in [1.29, 1.82) is 0 Å². The molecule has 2 heterocycles.